The van der Waals surface area contributed by atoms with Crippen molar-refractivity contribution in [3.05, 3.63) is 0 Å². The van der Waals surface area contributed by atoms with Gasteiger partial charge in [0, 0.05) is 12.1 Å². The van der Waals surface area contributed by atoms with Crippen molar-refractivity contribution in [3.63, 3.8) is 0 Å². The second-order valence-electron chi connectivity index (χ2n) is 4.24. The topological polar surface area (TPSA) is 72.2 Å². The summed E-state index contributed by atoms with van der Waals surface area (Å²) in [7, 11) is -3.08. The lowest BCUT2D eigenvalue weighted by Gasteiger charge is -2.50. The van der Waals surface area contributed by atoms with E-state index in [0.29, 0.717) is 0 Å². The van der Waals surface area contributed by atoms with Crippen molar-refractivity contribution in [1.29, 1.82) is 0 Å². The van der Waals surface area contributed by atoms with Gasteiger partial charge in [0.05, 0.1) is 5.75 Å². The maximum absolute atomic E-state index is 11.2. The molecule has 0 amide bonds. The maximum Gasteiger partial charge on any atom is 0.211 e. The fourth-order valence-electron chi connectivity index (χ4n) is 1.46. The van der Waals surface area contributed by atoms with Crippen LogP contribution < -0.4 is 10.5 Å². The van der Waals surface area contributed by atoms with Crippen LogP contribution in [0.15, 0.2) is 0 Å². The highest BCUT2D eigenvalue weighted by atomic mass is 32.2. The molecule has 0 aromatic rings. The van der Waals surface area contributed by atoms with E-state index in [9.17, 15) is 8.42 Å². The number of hydrogen-bond donors (Lipinski definition) is 2. The standard InChI is InChI=1S/C8H18N2O2S/c1-4-13(11,12)10-7-5-6(9)8(7,2)3/h6-7,10H,4-5,9H2,1-3H3. The Morgan fingerprint density at radius 3 is 2.38 bits per heavy atom. The molecule has 13 heavy (non-hydrogen) atoms. The lowest BCUT2D eigenvalue weighted by molar-refractivity contribution is 0.0904. The molecule has 0 aliphatic heterocycles. The third kappa shape index (κ3) is 2.03. The molecule has 1 saturated carbocycles. The predicted molar refractivity (Wildman–Crippen MR) is 52.8 cm³/mol. The Morgan fingerprint density at radius 2 is 2.08 bits per heavy atom. The highest BCUT2D eigenvalue weighted by Crippen LogP contribution is 2.39. The molecule has 0 aromatic heterocycles. The van der Waals surface area contributed by atoms with Gasteiger partial charge in [-0.15, -0.1) is 0 Å². The Morgan fingerprint density at radius 1 is 1.54 bits per heavy atom. The number of nitrogens with one attached hydrogen (secondary N) is 1. The number of sulfonamides is 1. The molecule has 0 heterocycles. The summed E-state index contributed by atoms with van der Waals surface area (Å²) in [6.07, 6.45) is 0.742. The van der Waals surface area contributed by atoms with Crippen molar-refractivity contribution in [1.82, 2.24) is 4.72 Å². The van der Waals surface area contributed by atoms with E-state index in [2.05, 4.69) is 4.72 Å². The van der Waals surface area contributed by atoms with Crippen LogP contribution in [0, 0.1) is 5.41 Å². The Bertz CT molecular complexity index is 285. The van der Waals surface area contributed by atoms with E-state index in [1.165, 1.54) is 0 Å². The van der Waals surface area contributed by atoms with E-state index in [4.69, 9.17) is 5.73 Å². The van der Waals surface area contributed by atoms with Gasteiger partial charge in [-0.1, -0.05) is 13.8 Å². The summed E-state index contributed by atoms with van der Waals surface area (Å²) in [4.78, 5) is 0. The summed E-state index contributed by atoms with van der Waals surface area (Å²) in [6, 6.07) is 0.115. The summed E-state index contributed by atoms with van der Waals surface area (Å²) in [6.45, 7) is 5.61. The van der Waals surface area contributed by atoms with E-state index in [1.807, 2.05) is 13.8 Å². The molecular weight excluding hydrogens is 188 g/mol. The molecule has 78 valence electrons. The molecule has 1 aliphatic carbocycles. The Hall–Kier alpha value is -0.130. The van der Waals surface area contributed by atoms with E-state index < -0.39 is 10.0 Å². The van der Waals surface area contributed by atoms with E-state index >= 15 is 0 Å². The third-order valence-electron chi connectivity index (χ3n) is 3.05. The second kappa shape index (κ2) is 3.22. The molecule has 1 aliphatic rings. The van der Waals surface area contributed by atoms with Crippen molar-refractivity contribution in [2.45, 2.75) is 39.3 Å². The van der Waals surface area contributed by atoms with Gasteiger partial charge < -0.3 is 5.73 Å². The normalized spacial score (nSPS) is 32.6. The van der Waals surface area contributed by atoms with Crippen LogP contribution in [0.25, 0.3) is 0 Å². The minimum atomic E-state index is -3.08. The number of hydrogen-bond acceptors (Lipinski definition) is 3. The summed E-state index contributed by atoms with van der Waals surface area (Å²) in [5, 5.41) is 0. The lowest BCUT2D eigenvalue weighted by atomic mass is 9.64. The quantitative estimate of drug-likeness (QED) is 0.685. The zero-order valence-electron chi connectivity index (χ0n) is 8.37. The van der Waals surface area contributed by atoms with Crippen LogP contribution >= 0.6 is 0 Å². The Kier molecular flexibility index (Phi) is 2.71. The van der Waals surface area contributed by atoms with Gasteiger partial charge >= 0.3 is 0 Å². The van der Waals surface area contributed by atoms with Gasteiger partial charge in [-0.3, -0.25) is 0 Å². The first-order chi connectivity index (χ1) is 5.79. The van der Waals surface area contributed by atoms with E-state index in [0.717, 1.165) is 6.42 Å². The number of nitrogens with two attached hydrogens (primary N) is 1. The molecule has 0 spiro atoms. The van der Waals surface area contributed by atoms with Gasteiger partial charge in [-0.2, -0.15) is 0 Å². The summed E-state index contributed by atoms with van der Waals surface area (Å²) >= 11 is 0. The van der Waals surface area contributed by atoms with Crippen LogP contribution in [0.4, 0.5) is 0 Å². The van der Waals surface area contributed by atoms with E-state index in [1.54, 1.807) is 6.92 Å². The second-order valence-corrected chi connectivity index (χ2v) is 6.28. The van der Waals surface area contributed by atoms with Crippen molar-refractivity contribution < 1.29 is 8.42 Å². The summed E-state index contributed by atoms with van der Waals surface area (Å²) in [5.41, 5.74) is 5.66. The summed E-state index contributed by atoms with van der Waals surface area (Å²) < 4.78 is 25.1. The van der Waals surface area contributed by atoms with Gasteiger partial charge in [-0.25, -0.2) is 13.1 Å². The van der Waals surface area contributed by atoms with Gasteiger partial charge in [-0.05, 0) is 18.8 Å². The average Bonchev–Trinajstić information content (AvgIpc) is 2.04. The maximum atomic E-state index is 11.2. The molecule has 0 saturated heterocycles. The third-order valence-corrected chi connectivity index (χ3v) is 4.45. The molecule has 4 nitrogen and oxygen atoms in total. The zero-order valence-corrected chi connectivity index (χ0v) is 9.19. The van der Waals surface area contributed by atoms with Gasteiger partial charge in [0.15, 0.2) is 0 Å². The minimum absolute atomic E-state index is 0.00690. The van der Waals surface area contributed by atoms with E-state index in [-0.39, 0.29) is 23.3 Å². The molecule has 2 atom stereocenters. The van der Waals surface area contributed by atoms with Gasteiger partial charge in [0.25, 0.3) is 0 Å². The molecule has 0 radical (unpaired) electrons. The van der Waals surface area contributed by atoms with Crippen LogP contribution in [-0.4, -0.2) is 26.3 Å². The monoisotopic (exact) mass is 206 g/mol. The largest absolute Gasteiger partial charge is 0.327 e. The number of rotatable bonds is 3. The first-order valence-electron chi connectivity index (χ1n) is 4.55. The van der Waals surface area contributed by atoms with Crippen LogP contribution in [0.2, 0.25) is 0 Å². The molecule has 0 aromatic carbocycles. The molecule has 0 bridgehead atoms. The van der Waals surface area contributed by atoms with Crippen molar-refractivity contribution >= 4 is 10.0 Å². The first-order valence-corrected chi connectivity index (χ1v) is 6.20. The molecule has 2 unspecified atom stereocenters. The molecule has 5 heteroatoms. The van der Waals surface area contributed by atoms with Crippen molar-refractivity contribution in [2.24, 2.45) is 11.1 Å². The van der Waals surface area contributed by atoms with Crippen LogP contribution in [0.5, 0.6) is 0 Å². The molecule has 1 rings (SSSR count). The molecular formula is C8H18N2O2S. The highest BCUT2D eigenvalue weighted by Gasteiger charge is 2.47. The van der Waals surface area contributed by atoms with Gasteiger partial charge in [0.1, 0.15) is 0 Å². The average molecular weight is 206 g/mol. The summed E-state index contributed by atoms with van der Waals surface area (Å²) in [5.74, 6) is 0.134. The fourth-order valence-corrected chi connectivity index (χ4v) is 2.46. The van der Waals surface area contributed by atoms with Crippen LogP contribution in [0.3, 0.4) is 0 Å². The molecule has 3 N–H and O–H groups in total. The SMILES string of the molecule is CCS(=O)(=O)NC1CC(N)C1(C)C. The first kappa shape index (κ1) is 10.9. The Labute approximate surface area is 79.9 Å². The van der Waals surface area contributed by atoms with Crippen LogP contribution in [0.1, 0.15) is 27.2 Å². The van der Waals surface area contributed by atoms with Crippen molar-refractivity contribution in [2.75, 3.05) is 5.75 Å². The zero-order chi connectivity index (χ0) is 10.3. The predicted octanol–water partition coefficient (Wildman–Crippen LogP) is 0.0515. The minimum Gasteiger partial charge on any atom is -0.327 e. The smallest absolute Gasteiger partial charge is 0.211 e. The Balaban J connectivity index is 2.60. The fraction of sp³-hybridized carbons (Fsp3) is 1.00. The van der Waals surface area contributed by atoms with Gasteiger partial charge in [0.2, 0.25) is 10.0 Å². The van der Waals surface area contributed by atoms with Crippen molar-refractivity contribution in [3.8, 4) is 0 Å². The van der Waals surface area contributed by atoms with Crippen LogP contribution in [-0.2, 0) is 10.0 Å². The highest BCUT2D eigenvalue weighted by molar-refractivity contribution is 7.89. The molecule has 1 fully saturated rings. The lowest BCUT2D eigenvalue weighted by Crippen LogP contribution is -2.64.